The van der Waals surface area contributed by atoms with E-state index in [0.29, 0.717) is 0 Å². The van der Waals surface area contributed by atoms with E-state index in [2.05, 4.69) is 28.2 Å². The Hall–Kier alpha value is 2.88. The van der Waals surface area contributed by atoms with E-state index < -0.39 is 0 Å². The normalized spacial score (nSPS) is 3.14. The molecular formula is Br2Cl3CrCu. The van der Waals surface area contributed by atoms with Gasteiger partial charge in [0, 0.05) is 0 Å². The summed E-state index contributed by atoms with van der Waals surface area (Å²) in [6.45, 7) is 0. The van der Waals surface area contributed by atoms with E-state index >= 15 is 0 Å². The Balaban J connectivity index is -0.00000000333. The Bertz CT molecular complexity index is 12.9. The van der Waals surface area contributed by atoms with Gasteiger partial charge in [0.2, 0.25) is 0 Å². The minimum atomic E-state index is 0. The van der Waals surface area contributed by atoms with Crippen molar-refractivity contribution in [1.82, 2.24) is 0 Å². The molecule has 0 heterocycles. The first-order valence-corrected chi connectivity index (χ1v) is 4.88. The van der Waals surface area contributed by atoms with Crippen molar-refractivity contribution in [3.05, 3.63) is 0 Å². The second kappa shape index (κ2) is 36.6. The van der Waals surface area contributed by atoms with Crippen molar-refractivity contribution in [3.8, 4) is 0 Å². The number of hydrogen-bond donors (Lipinski definition) is 0. The first-order chi connectivity index (χ1) is 1.41. The Morgan fingerprint density at radius 1 is 0.857 bits per heavy atom. The zero-order chi connectivity index (χ0) is 2.71. The summed E-state index contributed by atoms with van der Waals surface area (Å²) >= 11 is 7.38. The first kappa shape index (κ1) is 32.7. The van der Waals surface area contributed by atoms with Crippen LogP contribution in [-0.2, 0) is 28.7 Å². The van der Waals surface area contributed by atoms with E-state index in [1.165, 1.54) is 11.3 Å². The average molecular weight is 382 g/mol. The van der Waals surface area contributed by atoms with E-state index in [1.54, 1.807) is 0 Å². The van der Waals surface area contributed by atoms with Crippen molar-refractivity contribution < 1.29 is 65.9 Å². The molecule has 0 aliphatic carbocycles. The minimum absolute atomic E-state index is 0. The molecule has 0 unspecified atom stereocenters. The molecule has 0 saturated carbocycles. The molecule has 0 rings (SSSR count). The quantitative estimate of drug-likeness (QED) is 0.366. The fourth-order valence-corrected chi connectivity index (χ4v) is 0. The van der Waals surface area contributed by atoms with Crippen molar-refractivity contribution in [2.75, 3.05) is 0 Å². The number of hydrogen-bond acceptors (Lipinski definition) is 0. The summed E-state index contributed by atoms with van der Waals surface area (Å²) < 4.78 is 0. The molecule has 0 aromatic heterocycles. The molecule has 0 aliphatic heterocycles. The molecule has 0 nitrogen and oxygen atoms in total. The van der Waals surface area contributed by atoms with Crippen LogP contribution in [0.25, 0.3) is 0 Å². The maximum Gasteiger partial charge on any atom is 3.00 e. The standard InChI is InChI=1S/2BrH.3ClH.Cr.Cu/h5*1H;;/q;;;;;+3;+2/p-5. The Morgan fingerprint density at radius 2 is 0.857 bits per heavy atom. The Kier molecular flexibility index (Phi) is 171. The second-order valence-corrected chi connectivity index (χ2v) is 4.80. The van der Waals surface area contributed by atoms with Gasteiger partial charge in [-0.25, -0.2) is 0 Å². The van der Waals surface area contributed by atoms with E-state index in [-0.39, 0.29) is 54.6 Å². The molecule has 0 bridgehead atoms. The fourth-order valence-electron chi connectivity index (χ4n) is 0. The average Bonchev–Trinajstić information content (AvgIpc) is 0.918. The van der Waals surface area contributed by atoms with Gasteiger partial charge in [-0.2, -0.15) is 0 Å². The summed E-state index contributed by atoms with van der Waals surface area (Å²) in [6, 6.07) is 0. The van der Waals surface area contributed by atoms with E-state index in [4.69, 9.17) is 0 Å². The number of halogens is 5. The molecule has 0 fully saturated rings. The molecule has 0 amide bonds. The second-order valence-electron chi connectivity index (χ2n) is 0.0431. The monoisotopic (exact) mass is 378 g/mol. The summed E-state index contributed by atoms with van der Waals surface area (Å²) in [5.74, 6) is 0. The third-order valence-electron chi connectivity index (χ3n) is 0. The zero-order valence-corrected chi connectivity index (χ0v) is 10.3. The van der Waals surface area contributed by atoms with Crippen LogP contribution in [0.5, 0.6) is 0 Å². The van der Waals surface area contributed by atoms with Crippen molar-refractivity contribution in [2.24, 2.45) is 0 Å². The van der Waals surface area contributed by atoms with Gasteiger partial charge in [0.25, 0.3) is 0 Å². The third kappa shape index (κ3) is 50.6. The van der Waals surface area contributed by atoms with E-state index in [0.717, 1.165) is 0 Å². The molecule has 0 aliphatic rings. The third-order valence-corrected chi connectivity index (χ3v) is 0. The van der Waals surface area contributed by atoms with Crippen LogP contribution in [-0.4, -0.2) is 0 Å². The summed E-state index contributed by atoms with van der Waals surface area (Å²) in [5.41, 5.74) is 0. The van der Waals surface area contributed by atoms with Gasteiger partial charge in [0.15, 0.2) is 0 Å². The summed E-state index contributed by atoms with van der Waals surface area (Å²) in [5, 5.41) is 0. The number of rotatable bonds is 0. The van der Waals surface area contributed by atoms with Crippen LogP contribution in [0.4, 0.5) is 0 Å². The molecule has 0 saturated heterocycles. The van der Waals surface area contributed by atoms with Gasteiger partial charge in [0.1, 0.15) is 0 Å². The van der Waals surface area contributed by atoms with Crippen molar-refractivity contribution >= 4 is 28.2 Å². The molecule has 7 heteroatoms. The van der Waals surface area contributed by atoms with Crippen molar-refractivity contribution in [3.63, 3.8) is 0 Å². The predicted molar refractivity (Wildman–Crippen MR) is 17.9 cm³/mol. The van der Waals surface area contributed by atoms with Gasteiger partial charge in [0.05, 0.1) is 0 Å². The molecule has 0 atom stereocenters. The molecule has 52 valence electrons. The molecular weight excluding hydrogens is 382 g/mol. The minimum Gasteiger partial charge on any atom is -1.00 e. The maximum atomic E-state index is 2.97. The van der Waals surface area contributed by atoms with Crippen LogP contribution in [0, 0.1) is 0 Å². The smallest absolute Gasteiger partial charge is 1.00 e. The Labute approximate surface area is 92.9 Å². The first-order valence-electron chi connectivity index (χ1n) is 0.228. The summed E-state index contributed by atoms with van der Waals surface area (Å²) in [4.78, 5) is 0. The predicted octanol–water partition coefficient (Wildman–Crippen LogP) is -7.30. The zero-order valence-electron chi connectivity index (χ0n) is 2.60. The largest absolute Gasteiger partial charge is 3.00 e. The van der Waals surface area contributed by atoms with Crippen LogP contribution in [0.3, 0.4) is 0 Å². The fraction of sp³-hybridized carbons (Fsp3) is 0. The van der Waals surface area contributed by atoms with Gasteiger partial charge >= 0.3 is 56.9 Å². The van der Waals surface area contributed by atoms with Gasteiger partial charge in [-0.1, -0.05) is 0 Å². The molecule has 0 aromatic rings. The van der Waals surface area contributed by atoms with Gasteiger partial charge in [-0.15, -0.1) is 0 Å². The van der Waals surface area contributed by atoms with Crippen molar-refractivity contribution in [2.45, 2.75) is 0 Å². The molecule has 0 N–H and O–H groups in total. The molecule has 1 radical (unpaired) electrons. The van der Waals surface area contributed by atoms with Crippen LogP contribution < -0.4 is 37.2 Å². The Morgan fingerprint density at radius 3 is 0.857 bits per heavy atom. The van der Waals surface area contributed by atoms with Gasteiger partial charge in [-0.3, -0.25) is 0 Å². The van der Waals surface area contributed by atoms with E-state index in [1.807, 2.05) is 0 Å². The molecule has 7 heavy (non-hydrogen) atoms. The van der Waals surface area contributed by atoms with Gasteiger partial charge in [-0.05, 0) is 0 Å². The van der Waals surface area contributed by atoms with Crippen LogP contribution in [0.2, 0.25) is 0 Å². The van der Waals surface area contributed by atoms with E-state index in [9.17, 15) is 0 Å². The topological polar surface area (TPSA) is 0 Å². The molecule has 0 aromatic carbocycles. The summed E-state index contributed by atoms with van der Waals surface area (Å²) in [6.07, 6.45) is 0. The maximum absolute atomic E-state index is 2.97. The van der Waals surface area contributed by atoms with Crippen LogP contribution >= 0.6 is 28.2 Å². The SMILES string of the molecule is [Br][Cu][Br].[Cl-].[Cl-].[Cl-].[Cr+3]. The van der Waals surface area contributed by atoms with Crippen molar-refractivity contribution in [1.29, 1.82) is 0 Å². The van der Waals surface area contributed by atoms with Gasteiger partial charge < -0.3 is 37.2 Å². The molecule has 0 spiro atoms. The van der Waals surface area contributed by atoms with Crippen LogP contribution in [0.1, 0.15) is 0 Å². The van der Waals surface area contributed by atoms with Crippen LogP contribution in [0.15, 0.2) is 0 Å². The summed E-state index contributed by atoms with van der Waals surface area (Å²) in [7, 11) is 0.